The first-order chi connectivity index (χ1) is 14.7. The summed E-state index contributed by atoms with van der Waals surface area (Å²) in [5, 5.41) is 13.0. The lowest BCUT2D eigenvalue weighted by Crippen LogP contribution is -1.88. The van der Waals surface area contributed by atoms with Crippen LogP contribution in [0.4, 0.5) is 11.4 Å². The van der Waals surface area contributed by atoms with E-state index in [9.17, 15) is 10.1 Å². The summed E-state index contributed by atoms with van der Waals surface area (Å²) < 4.78 is 5.93. The summed E-state index contributed by atoms with van der Waals surface area (Å²) in [4.78, 5) is 19.4. The van der Waals surface area contributed by atoms with E-state index in [-0.39, 0.29) is 5.69 Å². The Balaban J connectivity index is 1.43. The third-order valence-corrected chi connectivity index (χ3v) is 4.83. The van der Waals surface area contributed by atoms with Gasteiger partial charge in [0.2, 0.25) is 5.89 Å². The minimum atomic E-state index is -0.424. The molecule has 5 aromatic rings. The van der Waals surface area contributed by atoms with Gasteiger partial charge in [-0.05, 0) is 58.8 Å². The van der Waals surface area contributed by atoms with Crippen molar-refractivity contribution in [3.05, 3.63) is 101 Å². The third kappa shape index (κ3) is 3.42. The van der Waals surface area contributed by atoms with Gasteiger partial charge in [-0.2, -0.15) is 0 Å². The summed E-state index contributed by atoms with van der Waals surface area (Å²) in [5.41, 5.74) is 3.87. The number of oxazole rings is 1. The van der Waals surface area contributed by atoms with Gasteiger partial charge in [0.05, 0.1) is 10.6 Å². The third-order valence-electron chi connectivity index (χ3n) is 4.83. The SMILES string of the molecule is O=[N+]([O-])c1ccc(C=Nc2ccc3oc(-c4ccc5ccccc5c4)nc3c2)cc1. The molecular weight excluding hydrogens is 378 g/mol. The zero-order valence-electron chi connectivity index (χ0n) is 15.7. The van der Waals surface area contributed by atoms with Crippen LogP contribution in [0.15, 0.2) is 94.3 Å². The molecule has 0 spiro atoms. The highest BCUT2D eigenvalue weighted by Gasteiger charge is 2.09. The predicted octanol–water partition coefficient (Wildman–Crippen LogP) is 6.31. The Morgan fingerprint density at radius 3 is 2.50 bits per heavy atom. The van der Waals surface area contributed by atoms with Crippen LogP contribution in [-0.2, 0) is 0 Å². The normalized spacial score (nSPS) is 11.5. The molecule has 0 aliphatic carbocycles. The van der Waals surface area contributed by atoms with E-state index in [1.807, 2.05) is 36.4 Å². The van der Waals surface area contributed by atoms with Crippen molar-refractivity contribution >= 4 is 39.5 Å². The molecule has 0 saturated heterocycles. The number of aliphatic imine (C=N–C) groups is 1. The van der Waals surface area contributed by atoms with Crippen molar-refractivity contribution in [3.63, 3.8) is 0 Å². The highest BCUT2D eigenvalue weighted by molar-refractivity contribution is 5.88. The highest BCUT2D eigenvalue weighted by Crippen LogP contribution is 2.29. The first kappa shape index (κ1) is 17.8. The van der Waals surface area contributed by atoms with Crippen molar-refractivity contribution in [1.29, 1.82) is 0 Å². The van der Waals surface area contributed by atoms with Gasteiger partial charge in [0.1, 0.15) is 5.52 Å². The fraction of sp³-hybridized carbons (Fsp3) is 0. The van der Waals surface area contributed by atoms with E-state index in [2.05, 4.69) is 34.2 Å². The highest BCUT2D eigenvalue weighted by atomic mass is 16.6. The first-order valence-electron chi connectivity index (χ1n) is 9.34. The maximum absolute atomic E-state index is 10.7. The Hall–Kier alpha value is -4.32. The second-order valence-electron chi connectivity index (χ2n) is 6.84. The minimum Gasteiger partial charge on any atom is -0.436 e. The Kier molecular flexibility index (Phi) is 4.29. The summed E-state index contributed by atoms with van der Waals surface area (Å²) in [6.45, 7) is 0. The number of nitro benzene ring substituents is 1. The van der Waals surface area contributed by atoms with Gasteiger partial charge in [-0.25, -0.2) is 4.98 Å². The summed E-state index contributed by atoms with van der Waals surface area (Å²) in [6.07, 6.45) is 1.66. The second-order valence-corrected chi connectivity index (χ2v) is 6.84. The summed E-state index contributed by atoms with van der Waals surface area (Å²) in [6, 6.07) is 26.0. The van der Waals surface area contributed by atoms with E-state index in [1.54, 1.807) is 18.3 Å². The van der Waals surface area contributed by atoms with Gasteiger partial charge in [-0.3, -0.25) is 15.1 Å². The minimum absolute atomic E-state index is 0.0531. The number of nitro groups is 1. The van der Waals surface area contributed by atoms with E-state index in [4.69, 9.17) is 4.42 Å². The van der Waals surface area contributed by atoms with Crippen LogP contribution >= 0.6 is 0 Å². The van der Waals surface area contributed by atoms with E-state index < -0.39 is 4.92 Å². The van der Waals surface area contributed by atoms with Crippen LogP contribution in [0, 0.1) is 10.1 Å². The molecule has 0 atom stereocenters. The van der Waals surface area contributed by atoms with Gasteiger partial charge in [0.15, 0.2) is 5.58 Å². The molecule has 0 aliphatic rings. The van der Waals surface area contributed by atoms with Gasteiger partial charge in [0.25, 0.3) is 5.69 Å². The van der Waals surface area contributed by atoms with Crippen molar-refractivity contribution in [2.75, 3.05) is 0 Å². The Bertz CT molecular complexity index is 1420. The molecule has 0 bridgehead atoms. The van der Waals surface area contributed by atoms with Crippen molar-refractivity contribution in [2.24, 2.45) is 4.99 Å². The quantitative estimate of drug-likeness (QED) is 0.204. The number of non-ortho nitro benzene ring substituents is 1. The number of hydrogen-bond acceptors (Lipinski definition) is 5. The molecule has 0 N–H and O–H groups in total. The van der Waals surface area contributed by atoms with Crippen LogP contribution in [0.2, 0.25) is 0 Å². The lowest BCUT2D eigenvalue weighted by atomic mass is 10.1. The number of rotatable bonds is 4. The van der Waals surface area contributed by atoms with Crippen LogP contribution in [0.25, 0.3) is 33.3 Å². The lowest BCUT2D eigenvalue weighted by molar-refractivity contribution is -0.384. The van der Waals surface area contributed by atoms with Gasteiger partial charge in [-0.1, -0.05) is 30.3 Å². The average Bonchev–Trinajstić information content (AvgIpc) is 3.21. The Morgan fingerprint density at radius 1 is 0.900 bits per heavy atom. The van der Waals surface area contributed by atoms with Crippen LogP contribution < -0.4 is 0 Å². The molecule has 6 nitrogen and oxygen atoms in total. The van der Waals surface area contributed by atoms with E-state index >= 15 is 0 Å². The fourth-order valence-electron chi connectivity index (χ4n) is 3.27. The Morgan fingerprint density at radius 2 is 1.70 bits per heavy atom. The molecule has 0 unspecified atom stereocenters. The molecule has 0 radical (unpaired) electrons. The number of nitrogens with zero attached hydrogens (tertiary/aromatic N) is 3. The van der Waals surface area contributed by atoms with Crippen molar-refractivity contribution < 1.29 is 9.34 Å². The standard InChI is InChI=1S/C24H15N3O3/c28-27(29)21-10-5-16(6-11-21)15-25-20-9-12-23-22(14-20)26-24(30-23)19-8-7-17-3-1-2-4-18(17)13-19/h1-15H. The van der Waals surface area contributed by atoms with E-state index in [0.29, 0.717) is 11.5 Å². The van der Waals surface area contributed by atoms with Crippen molar-refractivity contribution in [1.82, 2.24) is 4.98 Å². The number of benzene rings is 4. The van der Waals surface area contributed by atoms with Crippen LogP contribution in [-0.4, -0.2) is 16.1 Å². The smallest absolute Gasteiger partial charge is 0.269 e. The molecule has 0 aliphatic heterocycles. The molecule has 0 saturated carbocycles. The molecule has 0 fully saturated rings. The maximum Gasteiger partial charge on any atom is 0.269 e. The molecule has 4 aromatic carbocycles. The van der Waals surface area contributed by atoms with E-state index in [0.717, 1.165) is 27.7 Å². The van der Waals surface area contributed by atoms with Crippen LogP contribution in [0.5, 0.6) is 0 Å². The molecule has 5 rings (SSSR count). The van der Waals surface area contributed by atoms with Crippen LogP contribution in [0.3, 0.4) is 0 Å². The largest absolute Gasteiger partial charge is 0.436 e. The average molecular weight is 393 g/mol. The predicted molar refractivity (Wildman–Crippen MR) is 117 cm³/mol. The Labute approximate surface area is 171 Å². The molecule has 1 heterocycles. The maximum atomic E-state index is 10.7. The fourth-order valence-corrected chi connectivity index (χ4v) is 3.27. The number of hydrogen-bond donors (Lipinski definition) is 0. The lowest BCUT2D eigenvalue weighted by Gasteiger charge is -1.99. The molecule has 6 heteroatoms. The summed E-state index contributed by atoms with van der Waals surface area (Å²) in [7, 11) is 0. The molecule has 0 amide bonds. The zero-order chi connectivity index (χ0) is 20.5. The zero-order valence-corrected chi connectivity index (χ0v) is 15.7. The summed E-state index contributed by atoms with van der Waals surface area (Å²) >= 11 is 0. The van der Waals surface area contributed by atoms with Crippen molar-refractivity contribution in [3.8, 4) is 11.5 Å². The second kappa shape index (κ2) is 7.25. The number of aromatic nitrogens is 1. The molecular formula is C24H15N3O3. The van der Waals surface area contributed by atoms with Crippen molar-refractivity contribution in [2.45, 2.75) is 0 Å². The topological polar surface area (TPSA) is 81.5 Å². The summed E-state index contributed by atoms with van der Waals surface area (Å²) in [5.74, 6) is 0.562. The number of fused-ring (bicyclic) bond motifs is 2. The van der Waals surface area contributed by atoms with Gasteiger partial charge in [0, 0.05) is 23.9 Å². The molecule has 1 aromatic heterocycles. The van der Waals surface area contributed by atoms with E-state index in [1.165, 1.54) is 17.5 Å². The first-order valence-corrected chi connectivity index (χ1v) is 9.34. The van der Waals surface area contributed by atoms with Gasteiger partial charge in [-0.15, -0.1) is 0 Å². The monoisotopic (exact) mass is 393 g/mol. The van der Waals surface area contributed by atoms with Gasteiger partial charge < -0.3 is 4.42 Å². The molecule has 30 heavy (non-hydrogen) atoms. The van der Waals surface area contributed by atoms with Crippen LogP contribution in [0.1, 0.15) is 5.56 Å². The van der Waals surface area contributed by atoms with Gasteiger partial charge >= 0.3 is 0 Å². The molecule has 144 valence electrons.